The molecule has 19 heavy (non-hydrogen) atoms. The summed E-state index contributed by atoms with van der Waals surface area (Å²) in [5.74, 6) is 1.00. The van der Waals surface area contributed by atoms with Gasteiger partial charge in [-0.3, -0.25) is 0 Å². The molecule has 0 heterocycles. The number of benzene rings is 2. The number of nitrogens with one attached hydrogen (secondary N) is 1. The van der Waals surface area contributed by atoms with Gasteiger partial charge in [-0.15, -0.1) is 11.8 Å². The molecule has 0 saturated carbocycles. The number of halogens is 1. The van der Waals surface area contributed by atoms with Crippen molar-refractivity contribution in [3.63, 3.8) is 0 Å². The second kappa shape index (κ2) is 6.99. The maximum Gasteiger partial charge on any atom is 0.0412 e. The van der Waals surface area contributed by atoms with Gasteiger partial charge in [0.15, 0.2) is 0 Å². The van der Waals surface area contributed by atoms with E-state index in [2.05, 4.69) is 48.6 Å². The fourth-order valence-electron chi connectivity index (χ4n) is 1.86. The van der Waals surface area contributed by atoms with Crippen molar-refractivity contribution in [3.05, 3.63) is 64.7 Å². The summed E-state index contributed by atoms with van der Waals surface area (Å²) >= 11 is 7.73. The van der Waals surface area contributed by atoms with Crippen LogP contribution in [0.15, 0.2) is 53.4 Å². The van der Waals surface area contributed by atoms with Crippen molar-refractivity contribution in [2.24, 2.45) is 0 Å². The second-order valence-electron chi connectivity index (χ2n) is 4.52. The van der Waals surface area contributed by atoms with Crippen LogP contribution in [-0.2, 0) is 0 Å². The lowest BCUT2D eigenvalue weighted by molar-refractivity contribution is 0.661. The van der Waals surface area contributed by atoms with Crippen molar-refractivity contribution in [1.29, 1.82) is 0 Å². The van der Waals surface area contributed by atoms with Gasteiger partial charge in [0, 0.05) is 21.7 Å². The first-order valence-electron chi connectivity index (χ1n) is 6.31. The Hall–Kier alpha value is -0.960. The van der Waals surface area contributed by atoms with Crippen molar-refractivity contribution >= 4 is 23.4 Å². The molecule has 0 aliphatic rings. The molecule has 3 heteroatoms. The van der Waals surface area contributed by atoms with Crippen molar-refractivity contribution in [3.8, 4) is 0 Å². The van der Waals surface area contributed by atoms with E-state index >= 15 is 0 Å². The van der Waals surface area contributed by atoms with Crippen LogP contribution in [0.25, 0.3) is 0 Å². The quantitative estimate of drug-likeness (QED) is 0.801. The lowest BCUT2D eigenvalue weighted by Crippen LogP contribution is -2.18. The zero-order valence-corrected chi connectivity index (χ0v) is 12.8. The van der Waals surface area contributed by atoms with Crippen molar-refractivity contribution < 1.29 is 0 Å². The van der Waals surface area contributed by atoms with E-state index < -0.39 is 0 Å². The summed E-state index contributed by atoms with van der Waals surface area (Å²) in [7, 11) is 2.01. The standard InChI is InChI=1S/C16H18ClNS/c1-12-3-5-13(6-4-12)16(18-2)11-19-15-9-7-14(17)8-10-15/h3-10,16,18H,11H2,1-2H3. The van der Waals surface area contributed by atoms with Crippen molar-refractivity contribution in [1.82, 2.24) is 5.32 Å². The summed E-state index contributed by atoms with van der Waals surface area (Å²) in [6, 6.07) is 17.1. The first-order valence-corrected chi connectivity index (χ1v) is 7.67. The van der Waals surface area contributed by atoms with Gasteiger partial charge in [-0.05, 0) is 43.8 Å². The van der Waals surface area contributed by atoms with Crippen LogP contribution < -0.4 is 5.32 Å². The number of hydrogen-bond donors (Lipinski definition) is 1. The minimum Gasteiger partial charge on any atom is -0.312 e. The van der Waals surface area contributed by atoms with Crippen LogP contribution in [0.3, 0.4) is 0 Å². The van der Waals surface area contributed by atoms with Gasteiger partial charge in [0.1, 0.15) is 0 Å². The molecule has 1 nitrogen and oxygen atoms in total. The normalized spacial score (nSPS) is 12.4. The third kappa shape index (κ3) is 4.27. The monoisotopic (exact) mass is 291 g/mol. The van der Waals surface area contributed by atoms with E-state index in [1.54, 1.807) is 0 Å². The second-order valence-corrected chi connectivity index (χ2v) is 6.05. The van der Waals surface area contributed by atoms with Gasteiger partial charge in [-0.1, -0.05) is 41.4 Å². The molecule has 0 fully saturated rings. The summed E-state index contributed by atoms with van der Waals surface area (Å²) in [5, 5.41) is 4.16. The van der Waals surface area contributed by atoms with Gasteiger partial charge in [0.2, 0.25) is 0 Å². The molecule has 2 aromatic carbocycles. The predicted octanol–water partition coefficient (Wildman–Crippen LogP) is 4.70. The molecule has 0 aliphatic carbocycles. The van der Waals surface area contributed by atoms with Gasteiger partial charge >= 0.3 is 0 Å². The molecule has 1 atom stereocenters. The Morgan fingerprint density at radius 2 is 1.68 bits per heavy atom. The molecule has 0 aliphatic heterocycles. The van der Waals surface area contributed by atoms with Crippen LogP contribution in [-0.4, -0.2) is 12.8 Å². The maximum absolute atomic E-state index is 5.89. The Labute approximate surface area is 124 Å². The highest BCUT2D eigenvalue weighted by Gasteiger charge is 2.09. The summed E-state index contributed by atoms with van der Waals surface area (Å²) in [4.78, 5) is 1.25. The third-order valence-electron chi connectivity index (χ3n) is 3.06. The van der Waals surface area contributed by atoms with Crippen molar-refractivity contribution in [2.45, 2.75) is 17.9 Å². The summed E-state index contributed by atoms with van der Waals surface area (Å²) in [6.45, 7) is 2.11. The van der Waals surface area contributed by atoms with E-state index in [1.807, 2.05) is 30.9 Å². The van der Waals surface area contributed by atoms with Crippen LogP contribution in [0, 0.1) is 6.92 Å². The average Bonchev–Trinajstić information content (AvgIpc) is 2.43. The molecule has 0 spiro atoms. The lowest BCUT2D eigenvalue weighted by atomic mass is 10.1. The van der Waals surface area contributed by atoms with Crippen molar-refractivity contribution in [2.75, 3.05) is 12.8 Å². The minimum atomic E-state index is 0.362. The number of rotatable bonds is 5. The number of hydrogen-bond acceptors (Lipinski definition) is 2. The molecule has 1 unspecified atom stereocenters. The lowest BCUT2D eigenvalue weighted by Gasteiger charge is -2.16. The van der Waals surface area contributed by atoms with E-state index in [0.717, 1.165) is 10.8 Å². The zero-order chi connectivity index (χ0) is 13.7. The molecule has 2 aromatic rings. The highest BCUT2D eigenvalue weighted by molar-refractivity contribution is 7.99. The highest BCUT2D eigenvalue weighted by Crippen LogP contribution is 2.25. The fourth-order valence-corrected chi connectivity index (χ4v) is 3.03. The van der Waals surface area contributed by atoms with E-state index in [-0.39, 0.29) is 0 Å². The Morgan fingerprint density at radius 1 is 1.05 bits per heavy atom. The largest absolute Gasteiger partial charge is 0.312 e. The van der Waals surface area contributed by atoms with Gasteiger partial charge in [-0.25, -0.2) is 0 Å². The van der Waals surface area contributed by atoms with Gasteiger partial charge in [0.25, 0.3) is 0 Å². The molecular formula is C16H18ClNS. The van der Waals surface area contributed by atoms with Crippen LogP contribution in [0.1, 0.15) is 17.2 Å². The van der Waals surface area contributed by atoms with Crippen LogP contribution >= 0.6 is 23.4 Å². The van der Waals surface area contributed by atoms with E-state index in [4.69, 9.17) is 11.6 Å². The van der Waals surface area contributed by atoms with E-state index in [9.17, 15) is 0 Å². The molecule has 0 aromatic heterocycles. The molecular weight excluding hydrogens is 274 g/mol. The third-order valence-corrected chi connectivity index (χ3v) is 4.42. The van der Waals surface area contributed by atoms with Gasteiger partial charge < -0.3 is 5.32 Å². The Balaban J connectivity index is 1.99. The molecule has 0 bridgehead atoms. The Kier molecular flexibility index (Phi) is 5.32. The first-order chi connectivity index (χ1) is 9.19. The molecule has 2 rings (SSSR count). The zero-order valence-electron chi connectivity index (χ0n) is 11.2. The predicted molar refractivity (Wildman–Crippen MR) is 85.2 cm³/mol. The molecule has 0 amide bonds. The average molecular weight is 292 g/mol. The molecule has 100 valence electrons. The topological polar surface area (TPSA) is 12.0 Å². The van der Waals surface area contributed by atoms with Crippen LogP contribution in [0.4, 0.5) is 0 Å². The molecule has 0 saturated heterocycles. The SMILES string of the molecule is CNC(CSc1ccc(Cl)cc1)c1ccc(C)cc1. The summed E-state index contributed by atoms with van der Waals surface area (Å²) < 4.78 is 0. The first kappa shape index (κ1) is 14.4. The maximum atomic E-state index is 5.89. The summed E-state index contributed by atoms with van der Waals surface area (Å²) in [6.07, 6.45) is 0. The molecule has 0 radical (unpaired) electrons. The number of aryl methyl sites for hydroxylation is 1. The minimum absolute atomic E-state index is 0.362. The summed E-state index contributed by atoms with van der Waals surface area (Å²) in [5.41, 5.74) is 2.62. The highest BCUT2D eigenvalue weighted by atomic mass is 35.5. The Morgan fingerprint density at radius 3 is 2.26 bits per heavy atom. The van der Waals surface area contributed by atoms with Gasteiger partial charge in [0.05, 0.1) is 0 Å². The van der Waals surface area contributed by atoms with Gasteiger partial charge in [-0.2, -0.15) is 0 Å². The fraction of sp³-hybridized carbons (Fsp3) is 0.250. The molecule has 1 N–H and O–H groups in total. The smallest absolute Gasteiger partial charge is 0.0412 e. The van der Waals surface area contributed by atoms with E-state index in [1.165, 1.54) is 16.0 Å². The number of thioether (sulfide) groups is 1. The van der Waals surface area contributed by atoms with Crippen LogP contribution in [0.2, 0.25) is 5.02 Å². The van der Waals surface area contributed by atoms with Crippen LogP contribution in [0.5, 0.6) is 0 Å². The van der Waals surface area contributed by atoms with E-state index in [0.29, 0.717) is 6.04 Å². The Bertz CT molecular complexity index is 507.